The lowest BCUT2D eigenvalue weighted by atomic mass is 10.1. The summed E-state index contributed by atoms with van der Waals surface area (Å²) in [7, 11) is 0. The van der Waals surface area contributed by atoms with Crippen LogP contribution in [0.5, 0.6) is 17.2 Å². The fourth-order valence-corrected chi connectivity index (χ4v) is 2.64. The molecular weight excluding hydrogens is 392 g/mol. The maximum atomic E-state index is 12.2. The summed E-state index contributed by atoms with van der Waals surface area (Å²) in [5, 5.41) is 0. The Labute approximate surface area is 183 Å². The second-order valence-corrected chi connectivity index (χ2v) is 6.26. The first-order chi connectivity index (χ1) is 15.1. The van der Waals surface area contributed by atoms with Gasteiger partial charge in [-0.15, -0.1) is 0 Å². The van der Waals surface area contributed by atoms with Crippen LogP contribution in [0.3, 0.4) is 0 Å². The van der Waals surface area contributed by atoms with Gasteiger partial charge in [-0.05, 0) is 79.6 Å². The van der Waals surface area contributed by atoms with Crippen molar-refractivity contribution >= 4 is 11.9 Å². The van der Waals surface area contributed by atoms with Crippen LogP contribution in [0.15, 0.2) is 72.8 Å². The number of hydrogen-bond acceptors (Lipinski definition) is 5. The van der Waals surface area contributed by atoms with E-state index in [9.17, 15) is 9.59 Å². The Bertz CT molecular complexity index is 958. The monoisotopic (exact) mass is 420 g/mol. The van der Waals surface area contributed by atoms with E-state index in [1.807, 2.05) is 32.9 Å². The second kappa shape index (κ2) is 12.2. The predicted octanol–water partition coefficient (Wildman–Crippen LogP) is 6.11. The molecule has 31 heavy (non-hydrogen) atoms. The van der Waals surface area contributed by atoms with E-state index in [0.29, 0.717) is 35.0 Å². The molecule has 0 saturated carbocycles. The summed E-state index contributed by atoms with van der Waals surface area (Å²) in [6, 6.07) is 20.3. The van der Waals surface area contributed by atoms with E-state index in [1.54, 1.807) is 60.7 Å². The molecule has 0 N–H and O–H groups in total. The van der Waals surface area contributed by atoms with Gasteiger partial charge in [-0.1, -0.05) is 32.9 Å². The molecule has 0 unspecified atom stereocenters. The van der Waals surface area contributed by atoms with Crippen LogP contribution < -0.4 is 14.2 Å². The van der Waals surface area contributed by atoms with Crippen molar-refractivity contribution in [2.45, 2.75) is 34.1 Å². The smallest absolute Gasteiger partial charge is 0.343 e. The number of hydrogen-bond donors (Lipinski definition) is 0. The van der Waals surface area contributed by atoms with Gasteiger partial charge in [0.2, 0.25) is 0 Å². The van der Waals surface area contributed by atoms with Gasteiger partial charge in [0, 0.05) is 0 Å². The SMILES string of the molecule is CC.CCOc1ccc(C(=O)Oc2ccc(OC(=O)c3ccc(CC)cc3)cc2)cc1. The van der Waals surface area contributed by atoms with Crippen molar-refractivity contribution in [1.29, 1.82) is 0 Å². The van der Waals surface area contributed by atoms with Crippen LogP contribution in [0.4, 0.5) is 0 Å². The fraction of sp³-hybridized carbons (Fsp3) is 0.231. The van der Waals surface area contributed by atoms with E-state index in [-0.39, 0.29) is 0 Å². The number of carbonyl (C=O) groups excluding carboxylic acids is 2. The molecule has 0 atom stereocenters. The molecule has 3 rings (SSSR count). The van der Waals surface area contributed by atoms with Gasteiger partial charge >= 0.3 is 11.9 Å². The Hall–Kier alpha value is -3.60. The zero-order valence-corrected chi connectivity index (χ0v) is 18.4. The van der Waals surface area contributed by atoms with Gasteiger partial charge in [0.05, 0.1) is 17.7 Å². The van der Waals surface area contributed by atoms with Crippen molar-refractivity contribution in [3.05, 3.63) is 89.5 Å². The quantitative estimate of drug-likeness (QED) is 0.341. The minimum Gasteiger partial charge on any atom is -0.494 e. The number of aryl methyl sites for hydroxylation is 1. The molecule has 0 aliphatic carbocycles. The third-order valence-corrected chi connectivity index (χ3v) is 4.24. The highest BCUT2D eigenvalue weighted by molar-refractivity contribution is 5.92. The summed E-state index contributed by atoms with van der Waals surface area (Å²) in [5.41, 5.74) is 2.05. The number of benzene rings is 3. The third kappa shape index (κ3) is 7.00. The van der Waals surface area contributed by atoms with Crippen molar-refractivity contribution in [2.24, 2.45) is 0 Å². The molecule has 0 saturated heterocycles. The lowest BCUT2D eigenvalue weighted by Gasteiger charge is -2.08. The normalized spacial score (nSPS) is 9.81. The average molecular weight is 421 g/mol. The third-order valence-electron chi connectivity index (χ3n) is 4.24. The van der Waals surface area contributed by atoms with Crippen LogP contribution in [-0.2, 0) is 6.42 Å². The van der Waals surface area contributed by atoms with E-state index in [0.717, 1.165) is 12.0 Å². The summed E-state index contributed by atoms with van der Waals surface area (Å²) in [4.78, 5) is 24.5. The first-order valence-electron chi connectivity index (χ1n) is 10.4. The summed E-state index contributed by atoms with van der Waals surface area (Å²) < 4.78 is 16.1. The minimum atomic E-state index is -0.478. The number of carbonyl (C=O) groups is 2. The summed E-state index contributed by atoms with van der Waals surface area (Å²) in [6.45, 7) is 8.51. The van der Waals surface area contributed by atoms with Crippen molar-refractivity contribution in [3.63, 3.8) is 0 Å². The highest BCUT2D eigenvalue weighted by Gasteiger charge is 2.11. The average Bonchev–Trinajstić information content (AvgIpc) is 2.82. The maximum Gasteiger partial charge on any atom is 0.343 e. The molecule has 0 aromatic heterocycles. The Morgan fingerprint density at radius 3 is 1.39 bits per heavy atom. The second-order valence-electron chi connectivity index (χ2n) is 6.26. The van der Waals surface area contributed by atoms with Crippen LogP contribution in [0.25, 0.3) is 0 Å². The van der Waals surface area contributed by atoms with Crippen molar-refractivity contribution < 1.29 is 23.8 Å². The van der Waals surface area contributed by atoms with Crippen LogP contribution in [-0.4, -0.2) is 18.5 Å². The van der Waals surface area contributed by atoms with Crippen molar-refractivity contribution in [1.82, 2.24) is 0 Å². The standard InChI is InChI=1S/C24H22O5.C2H6/c1-3-17-5-7-18(8-6-17)23(25)28-21-13-15-22(16-14-21)29-24(26)19-9-11-20(12-10-19)27-4-2;1-2/h5-16H,3-4H2,1-2H3;1-2H3. The molecule has 0 bridgehead atoms. The van der Waals surface area contributed by atoms with E-state index >= 15 is 0 Å². The fourth-order valence-electron chi connectivity index (χ4n) is 2.64. The largest absolute Gasteiger partial charge is 0.494 e. The molecule has 0 aliphatic heterocycles. The molecule has 5 heteroatoms. The Morgan fingerprint density at radius 1 is 0.613 bits per heavy atom. The molecule has 0 amide bonds. The van der Waals surface area contributed by atoms with Gasteiger partial charge in [-0.3, -0.25) is 0 Å². The molecule has 0 aliphatic rings. The van der Waals surface area contributed by atoms with E-state index in [1.165, 1.54) is 0 Å². The van der Waals surface area contributed by atoms with Gasteiger partial charge in [-0.2, -0.15) is 0 Å². The van der Waals surface area contributed by atoms with Gasteiger partial charge in [-0.25, -0.2) is 9.59 Å². The summed E-state index contributed by atoms with van der Waals surface area (Å²) in [6.07, 6.45) is 0.909. The van der Waals surface area contributed by atoms with Gasteiger partial charge < -0.3 is 14.2 Å². The van der Waals surface area contributed by atoms with Gasteiger partial charge in [0.25, 0.3) is 0 Å². The molecule has 0 fully saturated rings. The van der Waals surface area contributed by atoms with E-state index < -0.39 is 11.9 Å². The molecule has 162 valence electrons. The minimum absolute atomic E-state index is 0.357. The Balaban J connectivity index is 0.00000166. The number of rotatable bonds is 7. The van der Waals surface area contributed by atoms with Crippen molar-refractivity contribution in [3.8, 4) is 17.2 Å². The maximum absolute atomic E-state index is 12.2. The molecule has 3 aromatic rings. The van der Waals surface area contributed by atoms with Gasteiger partial charge in [0.15, 0.2) is 0 Å². The molecule has 0 radical (unpaired) electrons. The molecule has 0 spiro atoms. The predicted molar refractivity (Wildman–Crippen MR) is 121 cm³/mol. The first-order valence-corrected chi connectivity index (χ1v) is 10.4. The Kier molecular flexibility index (Phi) is 9.30. The molecule has 3 aromatic carbocycles. The highest BCUT2D eigenvalue weighted by atomic mass is 16.5. The Morgan fingerprint density at radius 2 is 1.00 bits per heavy atom. The zero-order valence-electron chi connectivity index (χ0n) is 18.4. The first kappa shape index (κ1) is 23.7. The van der Waals surface area contributed by atoms with Crippen LogP contribution in [0, 0.1) is 0 Å². The number of ether oxygens (including phenoxy) is 3. The lowest BCUT2D eigenvalue weighted by molar-refractivity contribution is 0.0719. The number of esters is 2. The molecular formula is C26H28O5. The topological polar surface area (TPSA) is 61.8 Å². The van der Waals surface area contributed by atoms with Crippen LogP contribution >= 0.6 is 0 Å². The van der Waals surface area contributed by atoms with Crippen LogP contribution in [0.1, 0.15) is 54.0 Å². The lowest BCUT2D eigenvalue weighted by Crippen LogP contribution is -2.09. The van der Waals surface area contributed by atoms with E-state index in [2.05, 4.69) is 6.92 Å². The molecule has 0 heterocycles. The van der Waals surface area contributed by atoms with Gasteiger partial charge in [0.1, 0.15) is 17.2 Å². The summed E-state index contributed by atoms with van der Waals surface area (Å²) in [5.74, 6) is 0.506. The zero-order chi connectivity index (χ0) is 22.6. The van der Waals surface area contributed by atoms with E-state index in [4.69, 9.17) is 14.2 Å². The highest BCUT2D eigenvalue weighted by Crippen LogP contribution is 2.21. The molecule has 5 nitrogen and oxygen atoms in total. The summed E-state index contributed by atoms with van der Waals surface area (Å²) >= 11 is 0. The van der Waals surface area contributed by atoms with Crippen molar-refractivity contribution in [2.75, 3.05) is 6.61 Å². The van der Waals surface area contributed by atoms with Crippen LogP contribution in [0.2, 0.25) is 0 Å².